The van der Waals surface area contributed by atoms with E-state index in [2.05, 4.69) is 0 Å². The molecule has 1 aliphatic heterocycles. The second kappa shape index (κ2) is 5.23. The van der Waals surface area contributed by atoms with E-state index in [9.17, 15) is 15.3 Å². The summed E-state index contributed by atoms with van der Waals surface area (Å²) in [6, 6.07) is 0. The second-order valence-corrected chi connectivity index (χ2v) is 4.52. The van der Waals surface area contributed by atoms with Crippen LogP contribution in [0.15, 0.2) is 0 Å². The molecule has 0 aromatic rings. The number of hydrogen-bond acceptors (Lipinski definition) is 5. The number of aliphatic hydroxyl groups is 4. The van der Waals surface area contributed by atoms with E-state index in [4.69, 9.17) is 9.84 Å². The first kappa shape index (κ1) is 12.9. The summed E-state index contributed by atoms with van der Waals surface area (Å²) < 4.78 is 5.03. The van der Waals surface area contributed by atoms with Crippen LogP contribution in [0.3, 0.4) is 0 Å². The van der Waals surface area contributed by atoms with E-state index in [-0.39, 0.29) is 0 Å². The fourth-order valence-corrected chi connectivity index (χ4v) is 1.95. The van der Waals surface area contributed by atoms with Crippen molar-refractivity contribution in [2.24, 2.45) is 11.8 Å². The highest BCUT2D eigenvalue weighted by Crippen LogP contribution is 2.29. The fraction of sp³-hybridized carbons (Fsp3) is 1.00. The van der Waals surface area contributed by atoms with Crippen LogP contribution in [0.1, 0.15) is 20.3 Å². The standard InChI is InChI=1S/C10H20O5/c1-5(2)3-6-8(12)9(13)7(4-11)15-10(6)14/h5-14H,3-4H2,1-2H3. The van der Waals surface area contributed by atoms with Crippen molar-refractivity contribution in [3.63, 3.8) is 0 Å². The van der Waals surface area contributed by atoms with Crippen molar-refractivity contribution >= 4 is 0 Å². The summed E-state index contributed by atoms with van der Waals surface area (Å²) in [6.45, 7) is 3.51. The maximum Gasteiger partial charge on any atom is 0.160 e. The molecule has 0 amide bonds. The molecule has 1 aliphatic rings. The largest absolute Gasteiger partial charge is 0.394 e. The molecule has 0 aromatic heterocycles. The van der Waals surface area contributed by atoms with Crippen LogP contribution in [0, 0.1) is 11.8 Å². The van der Waals surface area contributed by atoms with Gasteiger partial charge >= 0.3 is 0 Å². The molecule has 1 saturated heterocycles. The first-order valence-electron chi connectivity index (χ1n) is 5.28. The average Bonchev–Trinajstić information content (AvgIpc) is 2.18. The van der Waals surface area contributed by atoms with Gasteiger partial charge in [0, 0.05) is 5.92 Å². The lowest BCUT2D eigenvalue weighted by atomic mass is 9.85. The highest BCUT2D eigenvalue weighted by atomic mass is 16.6. The van der Waals surface area contributed by atoms with Crippen LogP contribution < -0.4 is 0 Å². The Labute approximate surface area is 89.3 Å². The monoisotopic (exact) mass is 220 g/mol. The first-order chi connectivity index (χ1) is 6.97. The molecule has 90 valence electrons. The van der Waals surface area contributed by atoms with Crippen LogP contribution in [0.4, 0.5) is 0 Å². The Kier molecular flexibility index (Phi) is 4.48. The van der Waals surface area contributed by atoms with E-state index in [1.54, 1.807) is 0 Å². The van der Waals surface area contributed by atoms with Gasteiger partial charge in [-0.3, -0.25) is 0 Å². The summed E-state index contributed by atoms with van der Waals surface area (Å²) in [4.78, 5) is 0. The molecule has 0 saturated carbocycles. The third-order valence-corrected chi connectivity index (χ3v) is 2.77. The molecule has 5 nitrogen and oxygen atoms in total. The summed E-state index contributed by atoms with van der Waals surface area (Å²) in [5, 5.41) is 37.8. The summed E-state index contributed by atoms with van der Waals surface area (Å²) >= 11 is 0. The molecular weight excluding hydrogens is 200 g/mol. The van der Waals surface area contributed by atoms with E-state index >= 15 is 0 Å². The molecule has 1 heterocycles. The van der Waals surface area contributed by atoms with Crippen LogP contribution in [0.2, 0.25) is 0 Å². The zero-order valence-corrected chi connectivity index (χ0v) is 9.08. The third kappa shape index (κ3) is 2.89. The zero-order valence-electron chi connectivity index (χ0n) is 9.08. The van der Waals surface area contributed by atoms with Gasteiger partial charge in [-0.05, 0) is 12.3 Å². The Balaban J connectivity index is 2.66. The Bertz CT molecular complexity index is 196. The lowest BCUT2D eigenvalue weighted by Gasteiger charge is -2.40. The number of ether oxygens (including phenoxy) is 1. The van der Waals surface area contributed by atoms with Crippen molar-refractivity contribution in [1.29, 1.82) is 0 Å². The highest BCUT2D eigenvalue weighted by Gasteiger charge is 2.43. The Morgan fingerprint density at radius 1 is 1.13 bits per heavy atom. The average molecular weight is 220 g/mol. The molecule has 0 aliphatic carbocycles. The Morgan fingerprint density at radius 2 is 1.73 bits per heavy atom. The molecule has 1 fully saturated rings. The van der Waals surface area contributed by atoms with Gasteiger partial charge in [-0.2, -0.15) is 0 Å². The minimum absolute atomic E-state index is 0.292. The summed E-state index contributed by atoms with van der Waals surface area (Å²) in [5.41, 5.74) is 0. The highest BCUT2D eigenvalue weighted by molar-refractivity contribution is 4.88. The number of aliphatic hydroxyl groups excluding tert-OH is 4. The number of rotatable bonds is 3. The topological polar surface area (TPSA) is 90.2 Å². The summed E-state index contributed by atoms with van der Waals surface area (Å²) in [7, 11) is 0. The van der Waals surface area contributed by atoms with Crippen LogP contribution in [0.5, 0.6) is 0 Å². The number of hydrogen-bond donors (Lipinski definition) is 4. The van der Waals surface area contributed by atoms with Gasteiger partial charge in [0.1, 0.15) is 12.2 Å². The molecule has 1 rings (SSSR count). The molecule has 0 bridgehead atoms. The molecule has 4 N–H and O–H groups in total. The van der Waals surface area contributed by atoms with Gasteiger partial charge in [0.2, 0.25) is 0 Å². The minimum atomic E-state index is -1.14. The van der Waals surface area contributed by atoms with Crippen molar-refractivity contribution in [3.05, 3.63) is 0 Å². The Hall–Kier alpha value is -0.200. The normalized spacial score (nSPS) is 42.2. The molecule has 0 radical (unpaired) electrons. The fourth-order valence-electron chi connectivity index (χ4n) is 1.95. The van der Waals surface area contributed by atoms with Crippen molar-refractivity contribution < 1.29 is 25.2 Å². The molecular formula is C10H20O5. The van der Waals surface area contributed by atoms with Gasteiger partial charge in [-0.25, -0.2) is 0 Å². The molecule has 5 heteroatoms. The maximum absolute atomic E-state index is 9.76. The molecule has 15 heavy (non-hydrogen) atoms. The van der Waals surface area contributed by atoms with Crippen molar-refractivity contribution in [1.82, 2.24) is 0 Å². The van der Waals surface area contributed by atoms with Crippen molar-refractivity contribution in [2.75, 3.05) is 6.61 Å². The van der Waals surface area contributed by atoms with E-state index in [1.165, 1.54) is 0 Å². The SMILES string of the molecule is CC(C)CC1C(O)OC(CO)C(O)C1O. The third-order valence-electron chi connectivity index (χ3n) is 2.77. The van der Waals surface area contributed by atoms with E-state index in [0.717, 1.165) is 0 Å². The van der Waals surface area contributed by atoms with Gasteiger partial charge in [-0.1, -0.05) is 13.8 Å². The van der Waals surface area contributed by atoms with Gasteiger partial charge in [0.15, 0.2) is 6.29 Å². The predicted octanol–water partition coefficient (Wildman–Crippen LogP) is -0.920. The molecule has 0 spiro atoms. The van der Waals surface area contributed by atoms with Gasteiger partial charge in [0.05, 0.1) is 12.7 Å². The van der Waals surface area contributed by atoms with Crippen LogP contribution in [0.25, 0.3) is 0 Å². The maximum atomic E-state index is 9.76. The first-order valence-corrected chi connectivity index (χ1v) is 5.28. The Morgan fingerprint density at radius 3 is 2.20 bits per heavy atom. The van der Waals surface area contributed by atoms with Crippen molar-refractivity contribution in [3.8, 4) is 0 Å². The molecule has 5 atom stereocenters. The predicted molar refractivity (Wildman–Crippen MR) is 52.9 cm³/mol. The summed E-state index contributed by atoms with van der Waals surface area (Å²) in [5.74, 6) is -0.205. The zero-order chi connectivity index (χ0) is 11.6. The lowest BCUT2D eigenvalue weighted by molar-refractivity contribution is -0.272. The van der Waals surface area contributed by atoms with E-state index in [0.29, 0.717) is 12.3 Å². The van der Waals surface area contributed by atoms with Gasteiger partial charge in [0.25, 0.3) is 0 Å². The molecule has 0 aromatic carbocycles. The van der Waals surface area contributed by atoms with E-state index in [1.807, 2.05) is 13.8 Å². The van der Waals surface area contributed by atoms with Crippen molar-refractivity contribution in [2.45, 2.75) is 44.9 Å². The summed E-state index contributed by atoms with van der Waals surface area (Å²) in [6.07, 6.45) is -3.64. The second-order valence-electron chi connectivity index (χ2n) is 4.52. The van der Waals surface area contributed by atoms with Crippen LogP contribution in [-0.4, -0.2) is 51.6 Å². The smallest absolute Gasteiger partial charge is 0.160 e. The van der Waals surface area contributed by atoms with Crippen LogP contribution >= 0.6 is 0 Å². The van der Waals surface area contributed by atoms with Crippen LogP contribution in [-0.2, 0) is 4.74 Å². The lowest BCUT2D eigenvalue weighted by Crippen LogP contribution is -2.55. The molecule has 5 unspecified atom stereocenters. The van der Waals surface area contributed by atoms with Gasteiger partial charge in [-0.15, -0.1) is 0 Å². The minimum Gasteiger partial charge on any atom is -0.394 e. The quantitative estimate of drug-likeness (QED) is 0.494. The van der Waals surface area contributed by atoms with E-state index < -0.39 is 37.1 Å². The van der Waals surface area contributed by atoms with Gasteiger partial charge < -0.3 is 25.2 Å².